The molecule has 98 valence electrons. The quantitative estimate of drug-likeness (QED) is 0.861. The van der Waals surface area contributed by atoms with Crippen molar-refractivity contribution in [3.05, 3.63) is 35.7 Å². The van der Waals surface area contributed by atoms with Gasteiger partial charge in [-0.2, -0.15) is 23.5 Å². The van der Waals surface area contributed by atoms with E-state index in [0.29, 0.717) is 0 Å². The van der Waals surface area contributed by atoms with Crippen molar-refractivity contribution in [1.82, 2.24) is 14.9 Å². The number of nitrogens with zero attached hydrogens (tertiary/aromatic N) is 3. The van der Waals surface area contributed by atoms with Gasteiger partial charge in [-0.15, -0.1) is 0 Å². The number of halogens is 3. The molecular weight excluding hydrogens is 261 g/mol. The summed E-state index contributed by atoms with van der Waals surface area (Å²) >= 11 is 0. The number of nitriles is 1. The van der Waals surface area contributed by atoms with Crippen LogP contribution < -0.4 is 5.32 Å². The molecule has 5 nitrogen and oxygen atoms in total. The van der Waals surface area contributed by atoms with Crippen LogP contribution in [-0.2, 0) is 11.0 Å². The molecule has 2 aromatic heterocycles. The van der Waals surface area contributed by atoms with E-state index in [2.05, 4.69) is 10.4 Å². The lowest BCUT2D eigenvalue weighted by Gasteiger charge is -2.11. The van der Waals surface area contributed by atoms with Crippen LogP contribution >= 0.6 is 0 Å². The highest BCUT2D eigenvalue weighted by Crippen LogP contribution is 2.34. The Morgan fingerprint density at radius 3 is 2.84 bits per heavy atom. The Kier molecular flexibility index (Phi) is 3.12. The summed E-state index contributed by atoms with van der Waals surface area (Å²) in [6.45, 7) is 0. The van der Waals surface area contributed by atoms with Gasteiger partial charge in [-0.1, -0.05) is 0 Å². The number of carbonyl (C=O) groups excluding carboxylic acids is 1. The highest BCUT2D eigenvalue weighted by molar-refractivity contribution is 5.65. The molecule has 1 N–H and O–H groups in total. The highest BCUT2D eigenvalue weighted by Gasteiger charge is 2.35. The Hall–Kier alpha value is -2.56. The van der Waals surface area contributed by atoms with Crippen LogP contribution in [0.3, 0.4) is 0 Å². The number of carbonyl (C=O) groups is 1. The lowest BCUT2D eigenvalue weighted by Crippen LogP contribution is -2.18. The molecule has 0 spiro atoms. The number of pyridine rings is 1. The fourth-order valence-corrected chi connectivity index (χ4v) is 1.77. The fourth-order valence-electron chi connectivity index (χ4n) is 1.77. The summed E-state index contributed by atoms with van der Waals surface area (Å²) in [4.78, 5) is 10.4. The summed E-state index contributed by atoms with van der Waals surface area (Å²) in [7, 11) is 0. The number of nitrogens with one attached hydrogen (secondary N) is 1. The maximum atomic E-state index is 12.9. The molecule has 2 heterocycles. The molecule has 2 rings (SSSR count). The summed E-state index contributed by atoms with van der Waals surface area (Å²) in [6, 6.07) is 2.64. The van der Waals surface area contributed by atoms with Crippen LogP contribution in [0.5, 0.6) is 0 Å². The van der Waals surface area contributed by atoms with Gasteiger partial charge in [-0.05, 0) is 12.1 Å². The normalized spacial score (nSPS) is 12.9. The van der Waals surface area contributed by atoms with E-state index in [4.69, 9.17) is 5.26 Å². The van der Waals surface area contributed by atoms with Gasteiger partial charge >= 0.3 is 6.18 Å². The number of amides is 1. The molecule has 0 aromatic carbocycles. The van der Waals surface area contributed by atoms with Gasteiger partial charge in [0.05, 0.1) is 23.3 Å². The molecule has 0 saturated carbocycles. The summed E-state index contributed by atoms with van der Waals surface area (Å²) < 4.78 is 39.8. The largest absolute Gasteiger partial charge is 0.418 e. The number of aromatic nitrogens is 2. The number of hydrogen-bond donors (Lipinski definition) is 1. The van der Waals surface area contributed by atoms with Crippen LogP contribution in [0.2, 0.25) is 0 Å². The third-order valence-electron chi connectivity index (χ3n) is 2.55. The van der Waals surface area contributed by atoms with Gasteiger partial charge in [-0.25, -0.2) is 4.52 Å². The van der Waals surface area contributed by atoms with E-state index < -0.39 is 17.8 Å². The molecule has 0 aliphatic carbocycles. The average Bonchev–Trinajstić information content (AvgIpc) is 2.78. The Balaban J connectivity index is 2.70. The molecule has 0 aliphatic rings. The van der Waals surface area contributed by atoms with E-state index in [-0.39, 0.29) is 17.5 Å². The van der Waals surface area contributed by atoms with Crippen molar-refractivity contribution in [3.63, 3.8) is 0 Å². The summed E-state index contributed by atoms with van der Waals surface area (Å²) in [5.41, 5.74) is -1.14. The van der Waals surface area contributed by atoms with Crippen molar-refractivity contribution in [2.75, 3.05) is 0 Å². The predicted molar refractivity (Wildman–Crippen MR) is 57.7 cm³/mol. The second-order valence-electron chi connectivity index (χ2n) is 3.66. The molecule has 1 unspecified atom stereocenters. The van der Waals surface area contributed by atoms with Gasteiger partial charge in [0.25, 0.3) is 0 Å². The number of rotatable bonds is 3. The Labute approximate surface area is 105 Å². The van der Waals surface area contributed by atoms with Gasteiger partial charge in [0.1, 0.15) is 6.04 Å². The molecule has 0 fully saturated rings. The first-order chi connectivity index (χ1) is 8.99. The van der Waals surface area contributed by atoms with Crippen LogP contribution in [0.4, 0.5) is 13.2 Å². The maximum absolute atomic E-state index is 12.9. The molecule has 1 amide bonds. The van der Waals surface area contributed by atoms with E-state index in [1.54, 1.807) is 6.07 Å². The Morgan fingerprint density at radius 1 is 1.53 bits per heavy atom. The third kappa shape index (κ3) is 2.22. The van der Waals surface area contributed by atoms with E-state index in [0.717, 1.165) is 16.8 Å². The molecular formula is C11H7F3N4O. The van der Waals surface area contributed by atoms with E-state index >= 15 is 0 Å². The van der Waals surface area contributed by atoms with Crippen molar-refractivity contribution in [3.8, 4) is 6.07 Å². The number of hydrogen-bond acceptors (Lipinski definition) is 3. The number of fused-ring (bicyclic) bond motifs is 1. The summed E-state index contributed by atoms with van der Waals surface area (Å²) in [5, 5.41) is 14.8. The van der Waals surface area contributed by atoms with Gasteiger partial charge in [-0.3, -0.25) is 4.79 Å². The van der Waals surface area contributed by atoms with Gasteiger partial charge in [0.15, 0.2) is 0 Å². The zero-order valence-electron chi connectivity index (χ0n) is 9.35. The van der Waals surface area contributed by atoms with Crippen LogP contribution in [-0.4, -0.2) is 16.0 Å². The standard InChI is InChI=1S/C11H7F3N4O/c12-11(13,14)8-2-1-3-18-10(8)7(5-17-18)9(4-15)16-6-19/h1-3,5-6,9H,(H,16,19). The zero-order valence-corrected chi connectivity index (χ0v) is 9.35. The molecule has 0 radical (unpaired) electrons. The monoisotopic (exact) mass is 268 g/mol. The first-order valence-electron chi connectivity index (χ1n) is 5.11. The molecule has 0 bridgehead atoms. The fraction of sp³-hybridized carbons (Fsp3) is 0.182. The number of alkyl halides is 3. The minimum atomic E-state index is -4.57. The van der Waals surface area contributed by atoms with Crippen LogP contribution in [0, 0.1) is 11.3 Å². The minimum Gasteiger partial charge on any atom is -0.339 e. The van der Waals surface area contributed by atoms with Crippen LogP contribution in [0.1, 0.15) is 17.2 Å². The molecule has 8 heteroatoms. The molecule has 19 heavy (non-hydrogen) atoms. The lowest BCUT2D eigenvalue weighted by atomic mass is 10.1. The molecule has 0 saturated heterocycles. The van der Waals surface area contributed by atoms with Crippen molar-refractivity contribution < 1.29 is 18.0 Å². The molecule has 0 aliphatic heterocycles. The van der Waals surface area contributed by atoms with Crippen molar-refractivity contribution in [2.24, 2.45) is 0 Å². The molecule has 2 aromatic rings. The maximum Gasteiger partial charge on any atom is 0.418 e. The minimum absolute atomic E-state index is 0.00234. The Bertz CT molecular complexity index is 656. The van der Waals surface area contributed by atoms with Gasteiger partial charge < -0.3 is 5.32 Å². The van der Waals surface area contributed by atoms with E-state index in [1.807, 2.05) is 0 Å². The van der Waals surface area contributed by atoms with E-state index in [9.17, 15) is 18.0 Å². The SMILES string of the molecule is N#CC(NC=O)c1cnn2cccc(C(F)(F)F)c12. The van der Waals surface area contributed by atoms with E-state index in [1.165, 1.54) is 12.3 Å². The third-order valence-corrected chi connectivity index (χ3v) is 2.55. The van der Waals surface area contributed by atoms with Gasteiger partial charge in [0, 0.05) is 11.8 Å². The average molecular weight is 268 g/mol. The predicted octanol–water partition coefficient (Wildman–Crippen LogP) is 1.66. The summed E-state index contributed by atoms with van der Waals surface area (Å²) in [5.74, 6) is 0. The smallest absolute Gasteiger partial charge is 0.339 e. The second kappa shape index (κ2) is 4.61. The summed E-state index contributed by atoms with van der Waals surface area (Å²) in [6.07, 6.45) is -1.84. The zero-order chi connectivity index (χ0) is 14.0. The first-order valence-corrected chi connectivity index (χ1v) is 5.11. The van der Waals surface area contributed by atoms with Crippen molar-refractivity contribution in [2.45, 2.75) is 12.2 Å². The first kappa shape index (κ1) is 12.9. The highest BCUT2D eigenvalue weighted by atomic mass is 19.4. The second-order valence-corrected chi connectivity index (χ2v) is 3.66. The van der Waals surface area contributed by atoms with Gasteiger partial charge in [0.2, 0.25) is 6.41 Å². The molecule has 1 atom stereocenters. The lowest BCUT2D eigenvalue weighted by molar-refractivity contribution is -0.136. The van der Waals surface area contributed by atoms with Crippen LogP contribution in [0.15, 0.2) is 24.5 Å². The van der Waals surface area contributed by atoms with Crippen LogP contribution in [0.25, 0.3) is 5.52 Å². The topological polar surface area (TPSA) is 70.2 Å². The van der Waals surface area contributed by atoms with Crippen molar-refractivity contribution >= 4 is 11.9 Å². The Morgan fingerprint density at radius 2 is 2.26 bits per heavy atom. The van der Waals surface area contributed by atoms with Crippen molar-refractivity contribution in [1.29, 1.82) is 5.26 Å².